The number of aryl methyl sites for hydroxylation is 1. The van der Waals surface area contributed by atoms with Gasteiger partial charge in [0.2, 0.25) is 0 Å². The van der Waals surface area contributed by atoms with Crippen LogP contribution in [0.15, 0.2) is 78.9 Å². The van der Waals surface area contributed by atoms with E-state index in [-0.39, 0.29) is 12.5 Å². The lowest BCUT2D eigenvalue weighted by atomic mass is 10.0. The Morgan fingerprint density at radius 3 is 2.59 bits per heavy atom. The van der Waals surface area contributed by atoms with Crippen LogP contribution in [0, 0.1) is 6.92 Å². The molecule has 5 rings (SSSR count). The van der Waals surface area contributed by atoms with E-state index in [9.17, 15) is 4.79 Å². The second-order valence-electron chi connectivity index (χ2n) is 8.72. The van der Waals surface area contributed by atoms with Crippen LogP contribution in [0.5, 0.6) is 5.75 Å². The van der Waals surface area contributed by atoms with Gasteiger partial charge in [0.15, 0.2) is 6.61 Å². The average molecular weight is 451 g/mol. The third-order valence-corrected chi connectivity index (χ3v) is 5.80. The zero-order chi connectivity index (χ0) is 23.7. The molecule has 5 aromatic rings. The molecule has 6 heteroatoms. The van der Waals surface area contributed by atoms with Gasteiger partial charge in [0.1, 0.15) is 16.8 Å². The maximum Gasteiger partial charge on any atom is 0.262 e. The Kier molecular flexibility index (Phi) is 5.72. The number of nitrogens with zero attached hydrogens (tertiary/aromatic N) is 3. The maximum atomic E-state index is 12.6. The van der Waals surface area contributed by atoms with Crippen molar-refractivity contribution < 1.29 is 9.53 Å². The fraction of sp³-hybridized carbons (Fsp3) is 0.179. The summed E-state index contributed by atoms with van der Waals surface area (Å²) in [6.07, 6.45) is 0. The van der Waals surface area contributed by atoms with E-state index in [1.807, 2.05) is 55.5 Å². The third-order valence-electron chi connectivity index (χ3n) is 5.80. The Bertz CT molecular complexity index is 1500. The Hall–Kier alpha value is -4.19. The number of aromatic nitrogens is 3. The lowest BCUT2D eigenvalue weighted by Gasteiger charge is -2.14. The zero-order valence-electron chi connectivity index (χ0n) is 19.4. The van der Waals surface area contributed by atoms with E-state index in [0.717, 1.165) is 38.9 Å². The summed E-state index contributed by atoms with van der Waals surface area (Å²) in [6, 6.07) is 25.8. The fourth-order valence-corrected chi connectivity index (χ4v) is 4.07. The molecule has 34 heavy (non-hydrogen) atoms. The molecule has 0 radical (unpaired) electrons. The summed E-state index contributed by atoms with van der Waals surface area (Å²) in [5.74, 6) is 0.834. The molecule has 0 aliphatic heterocycles. The number of anilines is 1. The molecule has 0 aliphatic carbocycles. The topological polar surface area (TPSA) is 69.0 Å². The van der Waals surface area contributed by atoms with Crippen LogP contribution < -0.4 is 10.1 Å². The maximum absolute atomic E-state index is 12.6. The number of carbonyl (C=O) groups is 1. The molecule has 1 heterocycles. The number of ether oxygens (including phenoxy) is 1. The molecule has 0 saturated heterocycles. The van der Waals surface area contributed by atoms with Gasteiger partial charge in [-0.3, -0.25) is 4.79 Å². The standard InChI is InChI=1S/C28H26N4O2/c1-18(2)22-13-11-19(3)15-27(22)34-17-28(33)29-21-12-14-24-25(16-21)31-32(30-24)26-10-6-8-20-7-4-5-9-23(20)26/h4-16,18H,17H2,1-3H3,(H,29,33). The summed E-state index contributed by atoms with van der Waals surface area (Å²) in [6.45, 7) is 6.16. The SMILES string of the molecule is Cc1ccc(C(C)C)c(OCC(=O)Nc2ccc3nn(-c4cccc5ccccc45)nc3c2)c1. The largest absolute Gasteiger partial charge is 0.483 e. The van der Waals surface area contributed by atoms with E-state index in [1.165, 1.54) is 0 Å². The molecule has 1 N–H and O–H groups in total. The highest BCUT2D eigenvalue weighted by Crippen LogP contribution is 2.28. The molecule has 0 aliphatic rings. The first-order valence-corrected chi connectivity index (χ1v) is 11.4. The van der Waals surface area contributed by atoms with E-state index in [0.29, 0.717) is 17.1 Å². The molecule has 4 aromatic carbocycles. The highest BCUT2D eigenvalue weighted by molar-refractivity contribution is 5.94. The van der Waals surface area contributed by atoms with Gasteiger partial charge < -0.3 is 10.1 Å². The van der Waals surface area contributed by atoms with Crippen molar-refractivity contribution in [2.24, 2.45) is 0 Å². The number of carbonyl (C=O) groups excluding carboxylic acids is 1. The summed E-state index contributed by atoms with van der Waals surface area (Å²) in [7, 11) is 0. The van der Waals surface area contributed by atoms with Gasteiger partial charge in [-0.2, -0.15) is 0 Å². The van der Waals surface area contributed by atoms with Crippen molar-refractivity contribution >= 4 is 33.4 Å². The molecule has 0 unspecified atom stereocenters. The Labute approximate surface area is 198 Å². The van der Waals surface area contributed by atoms with Gasteiger partial charge in [-0.1, -0.05) is 62.4 Å². The number of fused-ring (bicyclic) bond motifs is 2. The summed E-state index contributed by atoms with van der Waals surface area (Å²) >= 11 is 0. The number of hydrogen-bond donors (Lipinski definition) is 1. The lowest BCUT2D eigenvalue weighted by Crippen LogP contribution is -2.20. The average Bonchev–Trinajstić information content (AvgIpc) is 3.25. The van der Waals surface area contributed by atoms with Crippen LogP contribution in [0.25, 0.3) is 27.5 Å². The van der Waals surface area contributed by atoms with Crippen molar-refractivity contribution in [2.75, 3.05) is 11.9 Å². The van der Waals surface area contributed by atoms with Gasteiger partial charge in [0.05, 0.1) is 5.69 Å². The normalized spacial score (nSPS) is 11.3. The molecule has 170 valence electrons. The van der Waals surface area contributed by atoms with Crippen LogP contribution in [-0.2, 0) is 4.79 Å². The monoisotopic (exact) mass is 450 g/mol. The van der Waals surface area contributed by atoms with E-state index in [2.05, 4.69) is 59.7 Å². The fourth-order valence-electron chi connectivity index (χ4n) is 4.07. The summed E-state index contributed by atoms with van der Waals surface area (Å²) in [5, 5.41) is 14.4. The lowest BCUT2D eigenvalue weighted by molar-refractivity contribution is -0.118. The van der Waals surface area contributed by atoms with Crippen molar-refractivity contribution in [3.05, 3.63) is 90.0 Å². The summed E-state index contributed by atoms with van der Waals surface area (Å²) in [4.78, 5) is 14.2. The minimum absolute atomic E-state index is 0.0656. The Morgan fingerprint density at radius 2 is 1.74 bits per heavy atom. The van der Waals surface area contributed by atoms with Gasteiger partial charge in [-0.25, -0.2) is 0 Å². The molecular formula is C28H26N4O2. The third kappa shape index (κ3) is 4.35. The molecule has 0 spiro atoms. The minimum atomic E-state index is -0.225. The summed E-state index contributed by atoms with van der Waals surface area (Å²) in [5.41, 5.74) is 5.20. The van der Waals surface area contributed by atoms with Crippen molar-refractivity contribution in [1.29, 1.82) is 0 Å². The number of hydrogen-bond acceptors (Lipinski definition) is 4. The van der Waals surface area contributed by atoms with Crippen LogP contribution >= 0.6 is 0 Å². The number of rotatable bonds is 6. The first-order valence-electron chi connectivity index (χ1n) is 11.4. The predicted octanol–water partition coefficient (Wildman–Crippen LogP) is 6.02. The van der Waals surface area contributed by atoms with E-state index >= 15 is 0 Å². The van der Waals surface area contributed by atoms with Crippen molar-refractivity contribution in [1.82, 2.24) is 15.0 Å². The molecule has 0 atom stereocenters. The van der Waals surface area contributed by atoms with Gasteiger partial charge in [-0.15, -0.1) is 15.0 Å². The molecule has 1 aromatic heterocycles. The Balaban J connectivity index is 1.33. The van der Waals surface area contributed by atoms with Crippen molar-refractivity contribution in [3.63, 3.8) is 0 Å². The Morgan fingerprint density at radius 1 is 0.941 bits per heavy atom. The van der Waals surface area contributed by atoms with Crippen LogP contribution in [0.1, 0.15) is 30.9 Å². The van der Waals surface area contributed by atoms with Crippen LogP contribution in [0.3, 0.4) is 0 Å². The van der Waals surface area contributed by atoms with E-state index in [1.54, 1.807) is 4.80 Å². The quantitative estimate of drug-likeness (QED) is 0.343. The van der Waals surface area contributed by atoms with Crippen molar-refractivity contribution in [3.8, 4) is 11.4 Å². The minimum Gasteiger partial charge on any atom is -0.483 e. The van der Waals surface area contributed by atoms with Gasteiger partial charge >= 0.3 is 0 Å². The van der Waals surface area contributed by atoms with E-state index in [4.69, 9.17) is 4.74 Å². The number of nitrogens with one attached hydrogen (secondary N) is 1. The molecule has 0 saturated carbocycles. The molecule has 0 bridgehead atoms. The smallest absolute Gasteiger partial charge is 0.262 e. The van der Waals surface area contributed by atoms with E-state index < -0.39 is 0 Å². The van der Waals surface area contributed by atoms with Crippen LogP contribution in [-0.4, -0.2) is 27.5 Å². The first-order chi connectivity index (χ1) is 16.5. The van der Waals surface area contributed by atoms with Gasteiger partial charge in [0, 0.05) is 11.1 Å². The number of amides is 1. The molecule has 1 amide bonds. The van der Waals surface area contributed by atoms with Crippen molar-refractivity contribution in [2.45, 2.75) is 26.7 Å². The summed E-state index contributed by atoms with van der Waals surface area (Å²) < 4.78 is 5.86. The molecular weight excluding hydrogens is 424 g/mol. The second kappa shape index (κ2) is 8.98. The molecule has 6 nitrogen and oxygen atoms in total. The molecule has 0 fully saturated rings. The van der Waals surface area contributed by atoms with Gasteiger partial charge in [0.25, 0.3) is 5.91 Å². The van der Waals surface area contributed by atoms with Crippen LogP contribution in [0.4, 0.5) is 5.69 Å². The predicted molar refractivity (Wildman–Crippen MR) is 136 cm³/mol. The highest BCUT2D eigenvalue weighted by atomic mass is 16.5. The zero-order valence-corrected chi connectivity index (χ0v) is 19.4. The number of benzene rings is 4. The second-order valence-corrected chi connectivity index (χ2v) is 8.72. The first kappa shape index (κ1) is 21.6. The van der Waals surface area contributed by atoms with Gasteiger partial charge in [-0.05, 0) is 59.7 Å². The van der Waals surface area contributed by atoms with Crippen LogP contribution in [0.2, 0.25) is 0 Å². The highest BCUT2D eigenvalue weighted by Gasteiger charge is 2.12.